The topological polar surface area (TPSA) is 43.6 Å². The molecule has 4 nitrogen and oxygen atoms in total. The lowest BCUT2D eigenvalue weighted by Crippen LogP contribution is -2.24. The highest BCUT2D eigenvalue weighted by Crippen LogP contribution is 2.39. The van der Waals surface area contributed by atoms with Crippen molar-refractivity contribution in [2.75, 3.05) is 0 Å². The van der Waals surface area contributed by atoms with E-state index in [1.807, 2.05) is 0 Å². The van der Waals surface area contributed by atoms with Gasteiger partial charge in [0.1, 0.15) is 11.6 Å². The number of hydrogen-bond donors (Lipinski definition) is 0. The second-order valence-electron chi connectivity index (χ2n) is 13.9. The molecule has 2 aromatic heterocycles. The summed E-state index contributed by atoms with van der Waals surface area (Å²) in [7, 11) is 0. The second-order valence-corrected chi connectivity index (χ2v) is 13.9. The van der Waals surface area contributed by atoms with Crippen molar-refractivity contribution < 1.29 is 0 Å². The van der Waals surface area contributed by atoms with Crippen molar-refractivity contribution in [3.8, 4) is 39.3 Å². The fourth-order valence-electron chi connectivity index (χ4n) is 5.93. The van der Waals surface area contributed by atoms with Gasteiger partial charge in [0.2, 0.25) is 0 Å². The van der Waals surface area contributed by atoms with Gasteiger partial charge < -0.3 is 4.57 Å². The highest BCUT2D eigenvalue weighted by molar-refractivity contribution is 6.12. The van der Waals surface area contributed by atoms with Crippen LogP contribution in [0.3, 0.4) is 0 Å². The van der Waals surface area contributed by atoms with Gasteiger partial charge in [-0.3, -0.25) is 0 Å². The van der Waals surface area contributed by atoms with E-state index in [-0.39, 0.29) is 10.8 Å². The van der Waals surface area contributed by atoms with Crippen LogP contribution in [0.5, 0.6) is 0 Å². The van der Waals surface area contributed by atoms with Crippen molar-refractivity contribution in [2.45, 2.75) is 52.4 Å². The zero-order valence-corrected chi connectivity index (χ0v) is 26.8. The van der Waals surface area contributed by atoms with Gasteiger partial charge in [0.25, 0.3) is 0 Å². The van der Waals surface area contributed by atoms with E-state index in [1.165, 1.54) is 33.0 Å². The Morgan fingerprint density at radius 3 is 1.36 bits per heavy atom. The molecule has 2 heterocycles. The molecule has 0 amide bonds. The smallest absolute Gasteiger partial charge is 0.165 e. The predicted octanol–water partition coefficient (Wildman–Crippen LogP) is 10.6. The average Bonchev–Trinajstić information content (AvgIpc) is 3.37. The van der Waals surface area contributed by atoms with Crippen molar-refractivity contribution in [1.82, 2.24) is 19.5 Å². The van der Waals surface area contributed by atoms with Gasteiger partial charge in [-0.1, -0.05) is 126 Å². The summed E-state index contributed by atoms with van der Waals surface area (Å²) >= 11 is 0. The lowest BCUT2D eigenvalue weighted by atomic mass is 9.93. The average molecular weight is 587 g/mol. The first-order valence-corrected chi connectivity index (χ1v) is 15.6. The second kappa shape index (κ2) is 10.8. The third kappa shape index (κ3) is 5.31. The van der Waals surface area contributed by atoms with Crippen LogP contribution in [-0.2, 0) is 10.8 Å². The van der Waals surface area contributed by atoms with Crippen LogP contribution in [0, 0.1) is 0 Å². The normalized spacial score (nSPS) is 12.2. The number of nitrogens with zero attached hydrogens (tertiary/aromatic N) is 4. The first-order valence-electron chi connectivity index (χ1n) is 15.6. The van der Waals surface area contributed by atoms with Crippen molar-refractivity contribution >= 4 is 21.8 Å². The van der Waals surface area contributed by atoms with Crippen molar-refractivity contribution in [1.29, 1.82) is 0 Å². The van der Waals surface area contributed by atoms with Crippen LogP contribution in [0.4, 0.5) is 0 Å². The Bertz CT molecular complexity index is 2030. The summed E-state index contributed by atoms with van der Waals surface area (Å²) in [5, 5.41) is 2.42. The van der Waals surface area contributed by atoms with Gasteiger partial charge in [-0.2, -0.15) is 0 Å². The van der Waals surface area contributed by atoms with E-state index >= 15 is 0 Å². The largest absolute Gasteiger partial charge is 0.309 e. The van der Waals surface area contributed by atoms with Crippen molar-refractivity contribution in [3.05, 3.63) is 133 Å². The van der Waals surface area contributed by atoms with E-state index in [1.54, 1.807) is 0 Å². The Labute approximate surface area is 265 Å². The highest BCUT2D eigenvalue weighted by atomic mass is 15.1. The predicted molar refractivity (Wildman–Crippen MR) is 188 cm³/mol. The highest BCUT2D eigenvalue weighted by Gasteiger charge is 2.26. The van der Waals surface area contributed by atoms with Crippen molar-refractivity contribution in [3.63, 3.8) is 0 Å². The summed E-state index contributed by atoms with van der Waals surface area (Å²) in [5.41, 5.74) is 8.67. The lowest BCUT2D eigenvalue weighted by Gasteiger charge is -2.23. The molecule has 0 aliphatic rings. The molecule has 0 aliphatic heterocycles. The standard InChI is InChI=1S/C41H38N4/c1-40(2,3)38-42-37(43-39(44-38)41(4,5)6)31-19-13-14-20-34(31)45-35-23-21-29(27-15-9-7-10-16-27)25-32(35)33-26-30(22-24-36(33)45)28-17-11-8-12-18-28/h7-26H,1-6H3. The molecule has 222 valence electrons. The molecule has 0 atom stereocenters. The molecular formula is C41H38N4. The van der Waals surface area contributed by atoms with E-state index in [2.05, 4.69) is 167 Å². The van der Waals surface area contributed by atoms with Crippen LogP contribution in [0.2, 0.25) is 0 Å². The van der Waals surface area contributed by atoms with Crippen LogP contribution < -0.4 is 0 Å². The molecule has 0 radical (unpaired) electrons. The zero-order chi connectivity index (χ0) is 31.3. The first-order chi connectivity index (χ1) is 21.6. The van der Waals surface area contributed by atoms with Gasteiger partial charge in [-0.15, -0.1) is 0 Å². The summed E-state index contributed by atoms with van der Waals surface area (Å²) in [6, 6.07) is 43.3. The van der Waals surface area contributed by atoms with Gasteiger partial charge in [-0.05, 0) is 58.7 Å². The number of hydrogen-bond acceptors (Lipinski definition) is 3. The molecule has 0 saturated carbocycles. The van der Waals surface area contributed by atoms with E-state index < -0.39 is 0 Å². The first kappa shape index (κ1) is 28.7. The van der Waals surface area contributed by atoms with Crippen LogP contribution in [0.1, 0.15) is 53.2 Å². The summed E-state index contributed by atoms with van der Waals surface area (Å²) < 4.78 is 2.38. The molecule has 45 heavy (non-hydrogen) atoms. The van der Waals surface area contributed by atoms with Gasteiger partial charge in [0.15, 0.2) is 5.82 Å². The molecule has 0 N–H and O–H groups in total. The minimum atomic E-state index is -0.221. The van der Waals surface area contributed by atoms with Crippen LogP contribution >= 0.6 is 0 Å². The SMILES string of the molecule is CC(C)(C)c1nc(-c2ccccc2-n2c3ccc(-c4ccccc4)cc3c3cc(-c4ccccc4)ccc32)nc(C(C)(C)C)n1. The third-order valence-electron chi connectivity index (χ3n) is 8.34. The minimum Gasteiger partial charge on any atom is -0.309 e. The fraction of sp³-hybridized carbons (Fsp3) is 0.195. The molecule has 0 fully saturated rings. The van der Waals surface area contributed by atoms with Gasteiger partial charge in [0.05, 0.1) is 16.7 Å². The molecule has 4 heteroatoms. The molecule has 0 aliphatic carbocycles. The molecular weight excluding hydrogens is 548 g/mol. The van der Waals surface area contributed by atoms with E-state index in [0.717, 1.165) is 33.9 Å². The van der Waals surface area contributed by atoms with Crippen LogP contribution in [0.15, 0.2) is 121 Å². The molecule has 0 spiro atoms. The van der Waals surface area contributed by atoms with E-state index in [9.17, 15) is 0 Å². The van der Waals surface area contributed by atoms with Gasteiger partial charge >= 0.3 is 0 Å². The summed E-state index contributed by atoms with van der Waals surface area (Å²) in [6.45, 7) is 13.0. The maximum Gasteiger partial charge on any atom is 0.165 e. The van der Waals surface area contributed by atoms with Crippen LogP contribution in [0.25, 0.3) is 61.1 Å². The van der Waals surface area contributed by atoms with Gasteiger partial charge in [-0.25, -0.2) is 15.0 Å². The summed E-state index contributed by atoms with van der Waals surface area (Å²) in [5.74, 6) is 2.30. The number of benzene rings is 5. The number of rotatable bonds is 4. The Hall–Kier alpha value is -5.09. The third-order valence-corrected chi connectivity index (χ3v) is 8.34. The summed E-state index contributed by atoms with van der Waals surface area (Å²) in [4.78, 5) is 15.1. The molecule has 7 rings (SSSR count). The number of aromatic nitrogens is 4. The Kier molecular flexibility index (Phi) is 6.89. The van der Waals surface area contributed by atoms with Gasteiger partial charge in [0, 0.05) is 27.2 Å². The molecule has 7 aromatic rings. The zero-order valence-electron chi connectivity index (χ0n) is 26.8. The number of fused-ring (bicyclic) bond motifs is 3. The Morgan fingerprint density at radius 2 is 0.889 bits per heavy atom. The Balaban J connectivity index is 1.52. The monoisotopic (exact) mass is 586 g/mol. The van der Waals surface area contributed by atoms with Crippen molar-refractivity contribution in [2.24, 2.45) is 0 Å². The lowest BCUT2D eigenvalue weighted by molar-refractivity contribution is 0.497. The quantitative estimate of drug-likeness (QED) is 0.206. The minimum absolute atomic E-state index is 0.221. The van der Waals surface area contributed by atoms with E-state index in [4.69, 9.17) is 15.0 Å². The molecule has 0 bridgehead atoms. The maximum absolute atomic E-state index is 5.09. The molecule has 5 aromatic carbocycles. The molecule has 0 unspecified atom stereocenters. The molecule has 0 saturated heterocycles. The Morgan fingerprint density at radius 1 is 0.444 bits per heavy atom. The summed E-state index contributed by atoms with van der Waals surface area (Å²) in [6.07, 6.45) is 0. The van der Waals surface area contributed by atoms with E-state index in [0.29, 0.717) is 5.82 Å². The maximum atomic E-state index is 5.09. The fourth-order valence-corrected chi connectivity index (χ4v) is 5.93. The number of para-hydroxylation sites is 1. The van der Waals surface area contributed by atoms with Crippen LogP contribution in [-0.4, -0.2) is 19.5 Å².